The highest BCUT2D eigenvalue weighted by atomic mass is 16.5. The van der Waals surface area contributed by atoms with Crippen molar-refractivity contribution in [2.24, 2.45) is 0 Å². The molecule has 0 aromatic heterocycles. The molecule has 0 aliphatic rings. The standard InChI is InChI=1S/C17H21NO3/c1-12(15-11-14(19)7-8-17(15)20)18-16-6-4-3-5-13(16)9-10-21-2/h3-8,11-12,18-20H,9-10H2,1-2H3. The number of phenols is 2. The second kappa shape index (κ2) is 6.99. The Kier molecular flexibility index (Phi) is 5.06. The van der Waals surface area contributed by atoms with Crippen molar-refractivity contribution in [1.82, 2.24) is 0 Å². The average Bonchev–Trinajstić information content (AvgIpc) is 2.48. The third-order valence-corrected chi connectivity index (χ3v) is 3.44. The van der Waals surface area contributed by atoms with Crippen LogP contribution < -0.4 is 5.32 Å². The molecule has 2 aromatic rings. The molecule has 0 bridgehead atoms. The van der Waals surface area contributed by atoms with E-state index >= 15 is 0 Å². The Bertz CT molecular complexity index is 598. The lowest BCUT2D eigenvalue weighted by atomic mass is 10.0. The van der Waals surface area contributed by atoms with Gasteiger partial charge in [0.2, 0.25) is 0 Å². The van der Waals surface area contributed by atoms with Gasteiger partial charge in [-0.3, -0.25) is 0 Å². The van der Waals surface area contributed by atoms with Crippen LogP contribution in [0.25, 0.3) is 0 Å². The number of phenolic OH excluding ortho intramolecular Hbond substituents is 2. The highest BCUT2D eigenvalue weighted by Crippen LogP contribution is 2.30. The lowest BCUT2D eigenvalue weighted by molar-refractivity contribution is 0.202. The van der Waals surface area contributed by atoms with Crippen molar-refractivity contribution in [1.29, 1.82) is 0 Å². The van der Waals surface area contributed by atoms with E-state index in [1.165, 1.54) is 12.1 Å². The minimum Gasteiger partial charge on any atom is -0.508 e. The number of aromatic hydroxyl groups is 2. The number of methoxy groups -OCH3 is 1. The van der Waals surface area contributed by atoms with E-state index in [0.29, 0.717) is 12.2 Å². The van der Waals surface area contributed by atoms with Gasteiger partial charge in [-0.2, -0.15) is 0 Å². The molecule has 112 valence electrons. The van der Waals surface area contributed by atoms with Crippen LogP contribution in [-0.2, 0) is 11.2 Å². The fourth-order valence-corrected chi connectivity index (χ4v) is 2.29. The summed E-state index contributed by atoms with van der Waals surface area (Å²) >= 11 is 0. The number of rotatable bonds is 6. The van der Waals surface area contributed by atoms with E-state index in [1.54, 1.807) is 13.2 Å². The molecule has 2 aromatic carbocycles. The number of hydrogen-bond acceptors (Lipinski definition) is 4. The number of hydrogen-bond donors (Lipinski definition) is 3. The molecule has 0 spiro atoms. The molecule has 2 rings (SSSR count). The van der Waals surface area contributed by atoms with Crippen molar-refractivity contribution in [3.05, 3.63) is 53.6 Å². The van der Waals surface area contributed by atoms with Gasteiger partial charge in [0, 0.05) is 18.4 Å². The Morgan fingerprint density at radius 2 is 1.90 bits per heavy atom. The molecule has 0 amide bonds. The molecule has 0 aliphatic carbocycles. The maximum absolute atomic E-state index is 9.92. The summed E-state index contributed by atoms with van der Waals surface area (Å²) in [6.07, 6.45) is 0.818. The zero-order chi connectivity index (χ0) is 15.2. The second-order valence-electron chi connectivity index (χ2n) is 5.01. The molecule has 21 heavy (non-hydrogen) atoms. The topological polar surface area (TPSA) is 61.7 Å². The molecule has 0 radical (unpaired) electrons. The third kappa shape index (κ3) is 3.89. The van der Waals surface area contributed by atoms with Crippen molar-refractivity contribution in [3.63, 3.8) is 0 Å². The SMILES string of the molecule is COCCc1ccccc1NC(C)c1cc(O)ccc1O. The lowest BCUT2D eigenvalue weighted by Gasteiger charge is -2.19. The van der Waals surface area contributed by atoms with Crippen molar-refractivity contribution in [3.8, 4) is 11.5 Å². The zero-order valence-corrected chi connectivity index (χ0v) is 12.3. The first kappa shape index (κ1) is 15.2. The monoisotopic (exact) mass is 287 g/mol. The summed E-state index contributed by atoms with van der Waals surface area (Å²) in [5, 5.41) is 22.9. The molecular weight excluding hydrogens is 266 g/mol. The normalized spacial score (nSPS) is 12.1. The number of nitrogens with one attached hydrogen (secondary N) is 1. The Balaban J connectivity index is 2.19. The molecule has 0 saturated carbocycles. The van der Waals surface area contributed by atoms with Crippen LogP contribution in [0.3, 0.4) is 0 Å². The smallest absolute Gasteiger partial charge is 0.121 e. The molecule has 0 saturated heterocycles. The van der Waals surface area contributed by atoms with E-state index < -0.39 is 0 Å². The summed E-state index contributed by atoms with van der Waals surface area (Å²) in [5.74, 6) is 0.311. The van der Waals surface area contributed by atoms with Gasteiger partial charge in [-0.15, -0.1) is 0 Å². The Labute approximate surface area is 125 Å². The van der Waals surface area contributed by atoms with Crippen molar-refractivity contribution >= 4 is 5.69 Å². The van der Waals surface area contributed by atoms with Gasteiger partial charge in [-0.05, 0) is 43.2 Å². The Morgan fingerprint density at radius 3 is 2.67 bits per heavy atom. The Hall–Kier alpha value is -2.20. The maximum atomic E-state index is 9.92. The van der Waals surface area contributed by atoms with Gasteiger partial charge in [0.05, 0.1) is 12.6 Å². The minimum absolute atomic E-state index is 0.124. The van der Waals surface area contributed by atoms with E-state index in [4.69, 9.17) is 4.74 Å². The molecule has 4 heteroatoms. The number of anilines is 1. The quantitative estimate of drug-likeness (QED) is 0.712. The summed E-state index contributed by atoms with van der Waals surface area (Å²) in [6, 6.07) is 12.4. The van der Waals surface area contributed by atoms with Gasteiger partial charge >= 0.3 is 0 Å². The predicted molar refractivity (Wildman–Crippen MR) is 83.8 cm³/mol. The first-order valence-corrected chi connectivity index (χ1v) is 6.97. The van der Waals surface area contributed by atoms with Crippen LogP contribution >= 0.6 is 0 Å². The van der Waals surface area contributed by atoms with Crippen LogP contribution in [0, 0.1) is 0 Å². The summed E-state index contributed by atoms with van der Waals surface area (Å²) < 4.78 is 5.12. The molecule has 1 unspecified atom stereocenters. The van der Waals surface area contributed by atoms with Crippen LogP contribution in [0.1, 0.15) is 24.1 Å². The molecule has 4 nitrogen and oxygen atoms in total. The molecule has 0 fully saturated rings. The van der Waals surface area contributed by atoms with Crippen LogP contribution in [0.4, 0.5) is 5.69 Å². The first-order valence-electron chi connectivity index (χ1n) is 6.97. The van der Waals surface area contributed by atoms with Crippen LogP contribution in [-0.4, -0.2) is 23.9 Å². The largest absolute Gasteiger partial charge is 0.508 e. The molecule has 0 heterocycles. The maximum Gasteiger partial charge on any atom is 0.121 e. The van der Waals surface area contributed by atoms with Crippen LogP contribution in [0.15, 0.2) is 42.5 Å². The highest BCUT2D eigenvalue weighted by molar-refractivity contribution is 5.54. The predicted octanol–water partition coefficient (Wildman–Crippen LogP) is 3.46. The van der Waals surface area contributed by atoms with Crippen molar-refractivity contribution in [2.75, 3.05) is 19.0 Å². The van der Waals surface area contributed by atoms with Gasteiger partial charge in [-0.25, -0.2) is 0 Å². The fraction of sp³-hybridized carbons (Fsp3) is 0.294. The highest BCUT2D eigenvalue weighted by Gasteiger charge is 2.12. The second-order valence-corrected chi connectivity index (χ2v) is 5.01. The van der Waals surface area contributed by atoms with E-state index in [-0.39, 0.29) is 17.5 Å². The van der Waals surface area contributed by atoms with E-state index in [2.05, 4.69) is 11.4 Å². The summed E-state index contributed by atoms with van der Waals surface area (Å²) in [6.45, 7) is 2.60. The summed E-state index contributed by atoms with van der Waals surface area (Å²) in [5.41, 5.74) is 2.83. The summed E-state index contributed by atoms with van der Waals surface area (Å²) in [7, 11) is 1.68. The van der Waals surface area contributed by atoms with Crippen LogP contribution in [0.5, 0.6) is 11.5 Å². The molecule has 0 aliphatic heterocycles. The number of benzene rings is 2. The lowest BCUT2D eigenvalue weighted by Crippen LogP contribution is -2.09. The molecule has 3 N–H and O–H groups in total. The van der Waals surface area contributed by atoms with Gasteiger partial charge in [0.15, 0.2) is 0 Å². The minimum atomic E-state index is -0.124. The van der Waals surface area contributed by atoms with Gasteiger partial charge in [-0.1, -0.05) is 18.2 Å². The third-order valence-electron chi connectivity index (χ3n) is 3.44. The van der Waals surface area contributed by atoms with Crippen molar-refractivity contribution in [2.45, 2.75) is 19.4 Å². The van der Waals surface area contributed by atoms with Crippen LogP contribution in [0.2, 0.25) is 0 Å². The molecular formula is C17H21NO3. The molecule has 1 atom stereocenters. The number of para-hydroxylation sites is 1. The van der Waals surface area contributed by atoms with Gasteiger partial charge in [0.25, 0.3) is 0 Å². The van der Waals surface area contributed by atoms with E-state index in [1.807, 2.05) is 25.1 Å². The van der Waals surface area contributed by atoms with Gasteiger partial charge < -0.3 is 20.3 Å². The van der Waals surface area contributed by atoms with Gasteiger partial charge in [0.1, 0.15) is 11.5 Å². The zero-order valence-electron chi connectivity index (χ0n) is 12.3. The Morgan fingerprint density at radius 1 is 1.14 bits per heavy atom. The first-order chi connectivity index (χ1) is 10.1. The van der Waals surface area contributed by atoms with E-state index in [0.717, 1.165) is 17.7 Å². The number of ether oxygens (including phenoxy) is 1. The summed E-state index contributed by atoms with van der Waals surface area (Å²) in [4.78, 5) is 0. The van der Waals surface area contributed by atoms with Crippen molar-refractivity contribution < 1.29 is 14.9 Å². The van der Waals surface area contributed by atoms with E-state index in [9.17, 15) is 10.2 Å². The fourth-order valence-electron chi connectivity index (χ4n) is 2.29. The average molecular weight is 287 g/mol.